The summed E-state index contributed by atoms with van der Waals surface area (Å²) in [4.78, 5) is 12.9. The molecule has 0 unspecified atom stereocenters. The van der Waals surface area contributed by atoms with Gasteiger partial charge in [-0.2, -0.15) is 18.4 Å². The summed E-state index contributed by atoms with van der Waals surface area (Å²) >= 11 is 0. The molecule has 1 aliphatic carbocycles. The Hall–Kier alpha value is -3.15. The van der Waals surface area contributed by atoms with E-state index in [9.17, 15) is 28.3 Å². The number of aromatic nitrogens is 1. The smallest absolute Gasteiger partial charge is 0.418 e. The first kappa shape index (κ1) is 19.6. The zero-order valence-corrected chi connectivity index (χ0v) is 15.0. The molecule has 28 heavy (non-hydrogen) atoms. The Morgan fingerprint density at radius 1 is 1.21 bits per heavy atom. The average molecular weight is 390 g/mol. The first-order chi connectivity index (χ1) is 13.3. The van der Waals surface area contributed by atoms with Crippen molar-refractivity contribution in [2.45, 2.75) is 44.8 Å². The van der Waals surface area contributed by atoms with Crippen molar-refractivity contribution in [2.75, 3.05) is 0 Å². The zero-order valence-electron chi connectivity index (χ0n) is 15.0. The molecule has 1 N–H and O–H groups in total. The van der Waals surface area contributed by atoms with Crippen LogP contribution in [-0.2, 0) is 6.18 Å². The van der Waals surface area contributed by atoms with Gasteiger partial charge in [-0.05, 0) is 31.9 Å². The Labute approximate surface area is 158 Å². The number of hydrogen-bond donors (Lipinski definition) is 1. The molecule has 2 aromatic rings. The van der Waals surface area contributed by atoms with Gasteiger partial charge in [0.15, 0.2) is 5.69 Å². The fourth-order valence-electron chi connectivity index (χ4n) is 3.43. The third-order valence-corrected chi connectivity index (χ3v) is 4.87. The van der Waals surface area contributed by atoms with E-state index in [-0.39, 0.29) is 22.9 Å². The topological polar surface area (TPSA) is 90.7 Å². The quantitative estimate of drug-likeness (QED) is 0.723. The normalized spacial score (nSPS) is 15.2. The molecule has 1 aromatic carbocycles. The minimum absolute atomic E-state index is 0.0764. The van der Waals surface area contributed by atoms with Crippen molar-refractivity contribution in [1.82, 2.24) is 4.57 Å². The van der Waals surface area contributed by atoms with E-state index in [0.717, 1.165) is 29.5 Å². The number of alkyl halides is 3. The van der Waals surface area contributed by atoms with Gasteiger partial charge in [-0.15, -0.1) is 10.2 Å². The third kappa shape index (κ3) is 3.50. The average Bonchev–Trinajstić information content (AvgIpc) is 3.15. The van der Waals surface area contributed by atoms with Gasteiger partial charge in [-0.1, -0.05) is 25.0 Å². The SMILES string of the molecule is Cc1c(C#N)c(O)n(C2CCCC2)c(=O)c1N=Nc1ccccc1C(F)(F)F. The van der Waals surface area contributed by atoms with E-state index in [0.29, 0.717) is 12.8 Å². The van der Waals surface area contributed by atoms with E-state index >= 15 is 0 Å². The van der Waals surface area contributed by atoms with E-state index < -0.39 is 28.9 Å². The van der Waals surface area contributed by atoms with E-state index in [1.807, 2.05) is 6.07 Å². The largest absolute Gasteiger partial charge is 0.493 e. The molecule has 6 nitrogen and oxygen atoms in total. The molecule has 1 aliphatic rings. The molecule has 0 radical (unpaired) electrons. The third-order valence-electron chi connectivity index (χ3n) is 4.87. The summed E-state index contributed by atoms with van der Waals surface area (Å²) in [6.07, 6.45) is -1.55. The van der Waals surface area contributed by atoms with Gasteiger partial charge in [0, 0.05) is 11.6 Å². The summed E-state index contributed by atoms with van der Waals surface area (Å²) in [5, 5.41) is 27.2. The second-order valence-corrected chi connectivity index (χ2v) is 6.61. The second kappa shape index (κ2) is 7.46. The highest BCUT2D eigenvalue weighted by molar-refractivity contribution is 5.57. The Bertz CT molecular complexity index is 1030. The number of hydrogen-bond acceptors (Lipinski definition) is 5. The standard InChI is InChI=1S/C19H17F3N4O2/c1-11-13(10-23)17(27)26(12-6-2-3-7-12)18(28)16(11)25-24-15-9-5-4-8-14(15)19(20,21)22/h4-5,8-9,12,27H,2-3,6-7H2,1H3. The molecule has 1 heterocycles. The van der Waals surface area contributed by atoms with E-state index in [1.165, 1.54) is 19.1 Å². The lowest BCUT2D eigenvalue weighted by molar-refractivity contribution is -0.137. The maximum Gasteiger partial charge on any atom is 0.418 e. The van der Waals surface area contributed by atoms with Gasteiger partial charge >= 0.3 is 6.18 Å². The molecule has 3 rings (SSSR count). The molecule has 0 bridgehead atoms. The predicted molar refractivity (Wildman–Crippen MR) is 94.9 cm³/mol. The van der Waals surface area contributed by atoms with Crippen molar-refractivity contribution in [3.63, 3.8) is 0 Å². The van der Waals surface area contributed by atoms with Crippen molar-refractivity contribution < 1.29 is 18.3 Å². The Morgan fingerprint density at radius 2 is 1.86 bits per heavy atom. The zero-order chi connectivity index (χ0) is 20.5. The van der Waals surface area contributed by atoms with Gasteiger partial charge in [-0.3, -0.25) is 9.36 Å². The molecule has 0 saturated heterocycles. The lowest BCUT2D eigenvalue weighted by Crippen LogP contribution is -2.24. The Balaban J connectivity index is 2.16. The first-order valence-electron chi connectivity index (χ1n) is 8.71. The predicted octanol–water partition coefficient (Wildman–Crippen LogP) is 5.28. The Morgan fingerprint density at radius 3 is 2.46 bits per heavy atom. The van der Waals surface area contributed by atoms with E-state index in [4.69, 9.17) is 0 Å². The molecule has 0 amide bonds. The lowest BCUT2D eigenvalue weighted by Gasteiger charge is -2.18. The number of halogens is 3. The van der Waals surface area contributed by atoms with Crippen LogP contribution in [0.1, 0.15) is 48.4 Å². The van der Waals surface area contributed by atoms with Crippen LogP contribution in [0.3, 0.4) is 0 Å². The van der Waals surface area contributed by atoms with Crippen LogP contribution in [0.5, 0.6) is 5.88 Å². The highest BCUT2D eigenvalue weighted by Crippen LogP contribution is 2.38. The summed E-state index contributed by atoms with van der Waals surface area (Å²) in [5.41, 5.74) is -2.40. The van der Waals surface area contributed by atoms with Crippen molar-refractivity contribution in [3.8, 4) is 11.9 Å². The van der Waals surface area contributed by atoms with E-state index in [2.05, 4.69) is 10.2 Å². The van der Waals surface area contributed by atoms with Gasteiger partial charge in [0.2, 0.25) is 5.88 Å². The highest BCUT2D eigenvalue weighted by Gasteiger charge is 2.33. The van der Waals surface area contributed by atoms with Gasteiger partial charge in [0.1, 0.15) is 11.6 Å². The van der Waals surface area contributed by atoms with Gasteiger partial charge in [0.05, 0.1) is 11.3 Å². The number of rotatable bonds is 3. The number of benzene rings is 1. The highest BCUT2D eigenvalue weighted by atomic mass is 19.4. The molecule has 0 spiro atoms. The van der Waals surface area contributed by atoms with Gasteiger partial charge in [0.25, 0.3) is 5.56 Å². The van der Waals surface area contributed by atoms with Crippen molar-refractivity contribution in [3.05, 3.63) is 51.3 Å². The molecule has 1 aromatic heterocycles. The number of azo groups is 1. The summed E-state index contributed by atoms with van der Waals surface area (Å²) < 4.78 is 40.5. The summed E-state index contributed by atoms with van der Waals surface area (Å²) in [6.45, 7) is 1.41. The summed E-state index contributed by atoms with van der Waals surface area (Å²) in [6, 6.07) is 6.18. The molecule has 9 heteroatoms. The molecule has 146 valence electrons. The van der Waals surface area contributed by atoms with E-state index in [1.54, 1.807) is 0 Å². The van der Waals surface area contributed by atoms with Crippen LogP contribution in [0.2, 0.25) is 0 Å². The van der Waals surface area contributed by atoms with Crippen LogP contribution in [-0.4, -0.2) is 9.67 Å². The first-order valence-corrected chi connectivity index (χ1v) is 8.71. The maximum atomic E-state index is 13.1. The van der Waals surface area contributed by atoms with Crippen molar-refractivity contribution >= 4 is 11.4 Å². The van der Waals surface area contributed by atoms with Crippen LogP contribution in [0.15, 0.2) is 39.3 Å². The molecule has 1 fully saturated rings. The molecular formula is C19H17F3N4O2. The number of pyridine rings is 1. The van der Waals surface area contributed by atoms with Gasteiger partial charge in [-0.25, -0.2) is 0 Å². The van der Waals surface area contributed by atoms with Crippen LogP contribution in [0.4, 0.5) is 24.5 Å². The molecule has 0 aliphatic heterocycles. The molecule has 0 atom stereocenters. The van der Waals surface area contributed by atoms with Crippen molar-refractivity contribution in [1.29, 1.82) is 5.26 Å². The molecular weight excluding hydrogens is 373 g/mol. The lowest BCUT2D eigenvalue weighted by atomic mass is 10.1. The number of aromatic hydroxyl groups is 1. The summed E-state index contributed by atoms with van der Waals surface area (Å²) in [7, 11) is 0. The number of nitrogens with zero attached hydrogens (tertiary/aromatic N) is 4. The maximum absolute atomic E-state index is 13.1. The van der Waals surface area contributed by atoms with Crippen LogP contribution >= 0.6 is 0 Å². The van der Waals surface area contributed by atoms with Crippen LogP contribution in [0.25, 0.3) is 0 Å². The monoisotopic (exact) mass is 390 g/mol. The van der Waals surface area contributed by atoms with Gasteiger partial charge < -0.3 is 5.11 Å². The Kier molecular flexibility index (Phi) is 5.23. The minimum Gasteiger partial charge on any atom is -0.493 e. The fourth-order valence-corrected chi connectivity index (χ4v) is 3.43. The van der Waals surface area contributed by atoms with Crippen LogP contribution in [0, 0.1) is 18.3 Å². The number of nitriles is 1. The minimum atomic E-state index is -4.62. The van der Waals surface area contributed by atoms with Crippen molar-refractivity contribution in [2.24, 2.45) is 10.2 Å². The molecule has 1 saturated carbocycles. The second-order valence-electron chi connectivity index (χ2n) is 6.61. The van der Waals surface area contributed by atoms with Crippen LogP contribution < -0.4 is 5.56 Å². The summed E-state index contributed by atoms with van der Waals surface area (Å²) in [5.74, 6) is -0.438. The fraction of sp³-hybridized carbons (Fsp3) is 0.368.